The lowest BCUT2D eigenvalue weighted by Crippen LogP contribution is -2.24. The van der Waals surface area contributed by atoms with Crippen LogP contribution >= 0.6 is 0 Å². The molecule has 1 aromatic rings. The summed E-state index contributed by atoms with van der Waals surface area (Å²) in [5.41, 5.74) is 0. The van der Waals surface area contributed by atoms with Gasteiger partial charge < -0.3 is 19.4 Å². The maximum atomic E-state index is 10.2. The van der Waals surface area contributed by atoms with E-state index in [1.165, 1.54) is 0 Å². The first-order valence-corrected chi connectivity index (χ1v) is 4.78. The van der Waals surface area contributed by atoms with Crippen molar-refractivity contribution in [3.05, 3.63) is 24.3 Å². The number of aliphatic carboxylic acids is 1. The number of carbonyl (C=O) groups is 1. The van der Waals surface area contributed by atoms with Crippen LogP contribution in [0.4, 0.5) is 0 Å². The van der Waals surface area contributed by atoms with Crippen LogP contribution in [0, 0.1) is 0 Å². The van der Waals surface area contributed by atoms with E-state index >= 15 is 0 Å². The van der Waals surface area contributed by atoms with Crippen LogP contribution in [-0.2, 0) is 4.79 Å². The van der Waals surface area contributed by atoms with Crippen molar-refractivity contribution in [2.45, 2.75) is 13.3 Å². The van der Waals surface area contributed by atoms with Gasteiger partial charge >= 0.3 is 0 Å². The third-order valence-corrected chi connectivity index (χ3v) is 1.71. The molecule has 15 heavy (non-hydrogen) atoms. The summed E-state index contributed by atoms with van der Waals surface area (Å²) in [5, 5.41) is 10.2. The molecule has 0 aliphatic rings. The number of para-hydroxylation sites is 2. The second-order valence-corrected chi connectivity index (χ2v) is 2.85. The standard InChI is InChI=1S/C11H14O4/c1-2-14-9-5-3-4-6-10(9)15-8-7-11(12)13/h3-6H,2,7-8H2,1H3,(H,12,13)/p-1. The maximum absolute atomic E-state index is 10.2. The van der Waals surface area contributed by atoms with Crippen LogP contribution in [-0.4, -0.2) is 19.2 Å². The molecule has 0 radical (unpaired) electrons. The zero-order valence-electron chi connectivity index (χ0n) is 8.56. The Morgan fingerprint density at radius 1 is 1.27 bits per heavy atom. The quantitative estimate of drug-likeness (QED) is 0.688. The Morgan fingerprint density at radius 3 is 2.40 bits per heavy atom. The SMILES string of the molecule is CCOc1ccccc1OCCC(=O)[O-]. The number of rotatable bonds is 6. The van der Waals surface area contributed by atoms with Gasteiger partial charge in [0.25, 0.3) is 0 Å². The van der Waals surface area contributed by atoms with E-state index < -0.39 is 5.97 Å². The Morgan fingerprint density at radius 2 is 1.87 bits per heavy atom. The van der Waals surface area contributed by atoms with Gasteiger partial charge in [0, 0.05) is 12.4 Å². The van der Waals surface area contributed by atoms with E-state index in [1.807, 2.05) is 13.0 Å². The highest BCUT2D eigenvalue weighted by molar-refractivity contribution is 5.64. The fourth-order valence-electron chi connectivity index (χ4n) is 1.09. The van der Waals surface area contributed by atoms with Crippen molar-refractivity contribution in [2.75, 3.05) is 13.2 Å². The van der Waals surface area contributed by atoms with E-state index in [0.717, 1.165) is 0 Å². The Balaban J connectivity index is 2.55. The summed E-state index contributed by atoms with van der Waals surface area (Å²) in [4.78, 5) is 10.2. The molecule has 0 aromatic heterocycles. The highest BCUT2D eigenvalue weighted by Gasteiger charge is 2.02. The van der Waals surface area contributed by atoms with Crippen LogP contribution in [0.1, 0.15) is 13.3 Å². The molecule has 4 heteroatoms. The molecule has 1 aromatic carbocycles. The zero-order chi connectivity index (χ0) is 11.1. The summed E-state index contributed by atoms with van der Waals surface area (Å²) >= 11 is 0. The molecule has 0 spiro atoms. The smallest absolute Gasteiger partial charge is 0.161 e. The summed E-state index contributed by atoms with van der Waals surface area (Å²) in [5.74, 6) is 0.0582. The van der Waals surface area contributed by atoms with Crippen LogP contribution in [0.3, 0.4) is 0 Å². The van der Waals surface area contributed by atoms with Crippen LogP contribution in [0.2, 0.25) is 0 Å². The highest BCUT2D eigenvalue weighted by atomic mass is 16.5. The Hall–Kier alpha value is -1.71. The van der Waals surface area contributed by atoms with E-state index in [-0.39, 0.29) is 13.0 Å². The molecule has 82 valence electrons. The van der Waals surface area contributed by atoms with E-state index in [9.17, 15) is 9.90 Å². The summed E-state index contributed by atoms with van der Waals surface area (Å²) in [7, 11) is 0. The van der Waals surface area contributed by atoms with E-state index in [4.69, 9.17) is 9.47 Å². The zero-order valence-corrected chi connectivity index (χ0v) is 8.56. The van der Waals surface area contributed by atoms with Crippen molar-refractivity contribution in [1.29, 1.82) is 0 Å². The molecular formula is C11H13O4-. The van der Waals surface area contributed by atoms with Crippen LogP contribution in [0.25, 0.3) is 0 Å². The second kappa shape index (κ2) is 5.90. The molecule has 0 N–H and O–H groups in total. The average Bonchev–Trinajstić information content (AvgIpc) is 2.20. The number of hydrogen-bond donors (Lipinski definition) is 0. The van der Waals surface area contributed by atoms with Crippen molar-refractivity contribution in [2.24, 2.45) is 0 Å². The van der Waals surface area contributed by atoms with Gasteiger partial charge in [-0.3, -0.25) is 0 Å². The van der Waals surface area contributed by atoms with Gasteiger partial charge in [0.1, 0.15) is 0 Å². The monoisotopic (exact) mass is 209 g/mol. The lowest BCUT2D eigenvalue weighted by molar-refractivity contribution is -0.306. The summed E-state index contributed by atoms with van der Waals surface area (Å²) in [6.07, 6.45) is -0.125. The average molecular weight is 209 g/mol. The van der Waals surface area contributed by atoms with Crippen molar-refractivity contribution < 1.29 is 19.4 Å². The molecule has 0 bridgehead atoms. The minimum absolute atomic E-state index is 0.0897. The van der Waals surface area contributed by atoms with Crippen molar-refractivity contribution >= 4 is 5.97 Å². The molecule has 0 saturated heterocycles. The van der Waals surface area contributed by atoms with Gasteiger partial charge in [-0.2, -0.15) is 0 Å². The molecule has 0 aliphatic heterocycles. The molecule has 0 heterocycles. The molecule has 1 rings (SSSR count). The third-order valence-electron chi connectivity index (χ3n) is 1.71. The number of ether oxygens (including phenoxy) is 2. The molecule has 0 fully saturated rings. The molecule has 4 nitrogen and oxygen atoms in total. The van der Waals surface area contributed by atoms with Gasteiger partial charge in [-0.25, -0.2) is 0 Å². The van der Waals surface area contributed by atoms with Crippen LogP contribution in [0.15, 0.2) is 24.3 Å². The molecule has 0 unspecified atom stereocenters. The number of carboxylic acid groups (broad SMARTS) is 1. The fourth-order valence-corrected chi connectivity index (χ4v) is 1.09. The third kappa shape index (κ3) is 3.89. The first kappa shape index (κ1) is 11.4. The van der Waals surface area contributed by atoms with Gasteiger partial charge in [0.2, 0.25) is 0 Å². The van der Waals surface area contributed by atoms with Crippen molar-refractivity contribution in [3.63, 3.8) is 0 Å². The predicted octanol–water partition coefficient (Wildman–Crippen LogP) is 0.604. The Kier molecular flexibility index (Phi) is 4.47. The van der Waals surface area contributed by atoms with Crippen LogP contribution < -0.4 is 14.6 Å². The van der Waals surface area contributed by atoms with E-state index in [1.54, 1.807) is 18.2 Å². The topological polar surface area (TPSA) is 58.6 Å². The highest BCUT2D eigenvalue weighted by Crippen LogP contribution is 2.26. The maximum Gasteiger partial charge on any atom is 0.161 e. The Bertz CT molecular complexity index is 322. The fraction of sp³-hybridized carbons (Fsp3) is 0.364. The molecule has 0 saturated carbocycles. The van der Waals surface area contributed by atoms with Gasteiger partial charge in [0.15, 0.2) is 11.5 Å². The molecule has 0 amide bonds. The molecular weight excluding hydrogens is 196 g/mol. The van der Waals surface area contributed by atoms with E-state index in [0.29, 0.717) is 18.1 Å². The minimum Gasteiger partial charge on any atom is -0.550 e. The normalized spacial score (nSPS) is 9.67. The van der Waals surface area contributed by atoms with E-state index in [2.05, 4.69) is 0 Å². The second-order valence-electron chi connectivity index (χ2n) is 2.85. The lowest BCUT2D eigenvalue weighted by Gasteiger charge is -2.11. The lowest BCUT2D eigenvalue weighted by atomic mass is 10.3. The molecule has 0 aliphatic carbocycles. The Labute approximate surface area is 88.4 Å². The summed E-state index contributed by atoms with van der Waals surface area (Å²) in [6, 6.07) is 7.14. The van der Waals surface area contributed by atoms with Gasteiger partial charge in [0.05, 0.1) is 13.2 Å². The molecule has 0 atom stereocenters. The largest absolute Gasteiger partial charge is 0.550 e. The number of carbonyl (C=O) groups excluding carboxylic acids is 1. The van der Waals surface area contributed by atoms with Gasteiger partial charge in [-0.15, -0.1) is 0 Å². The summed E-state index contributed by atoms with van der Waals surface area (Å²) in [6.45, 7) is 2.51. The van der Waals surface area contributed by atoms with Crippen LogP contribution in [0.5, 0.6) is 11.5 Å². The predicted molar refractivity (Wildman–Crippen MR) is 52.7 cm³/mol. The first-order valence-electron chi connectivity index (χ1n) is 4.78. The minimum atomic E-state index is -1.12. The van der Waals surface area contributed by atoms with Gasteiger partial charge in [-0.1, -0.05) is 12.1 Å². The van der Waals surface area contributed by atoms with Crippen molar-refractivity contribution in [1.82, 2.24) is 0 Å². The number of hydrogen-bond acceptors (Lipinski definition) is 4. The first-order chi connectivity index (χ1) is 7.24. The number of benzene rings is 1. The van der Waals surface area contributed by atoms with Gasteiger partial charge in [-0.05, 0) is 19.1 Å². The van der Waals surface area contributed by atoms with Crippen molar-refractivity contribution in [3.8, 4) is 11.5 Å². The number of carboxylic acids is 1. The summed E-state index contributed by atoms with van der Waals surface area (Å²) < 4.78 is 10.6.